The molecule has 0 spiro atoms. The summed E-state index contributed by atoms with van der Waals surface area (Å²) in [6, 6.07) is 43.4. The van der Waals surface area contributed by atoms with Gasteiger partial charge in [-0.05, 0) is 72.1 Å². The molecule has 38 heavy (non-hydrogen) atoms. The molecule has 0 bridgehead atoms. The maximum Gasteiger partial charge on any atom is -0.00268 e. The smallest absolute Gasteiger partial charge is 0.00268 e. The van der Waals surface area contributed by atoms with Crippen molar-refractivity contribution < 1.29 is 0 Å². The zero-order chi connectivity index (χ0) is 25.9. The standard InChI is InChI=1S/C38H28/c1-3-29-12-9-15-35(34(29)4-2)30-22-18-27(19-23-30)16-17-28-20-24-31(25-21-28)38-36-13-7-5-10-32(36)26-33-11-6-8-14-37(33)38/h3-26H,1-2H2/b17-16+. The molecule has 0 nitrogen and oxygen atoms in total. The lowest BCUT2D eigenvalue weighted by Gasteiger charge is -2.12. The second kappa shape index (κ2) is 10.2. The van der Waals surface area contributed by atoms with E-state index < -0.39 is 0 Å². The van der Waals surface area contributed by atoms with Gasteiger partial charge in [-0.3, -0.25) is 0 Å². The van der Waals surface area contributed by atoms with Gasteiger partial charge >= 0.3 is 0 Å². The van der Waals surface area contributed by atoms with Crippen LogP contribution in [-0.4, -0.2) is 0 Å². The van der Waals surface area contributed by atoms with Crippen LogP contribution in [0, 0.1) is 0 Å². The molecule has 6 aromatic carbocycles. The van der Waals surface area contributed by atoms with Crippen LogP contribution in [0.2, 0.25) is 0 Å². The molecule has 0 N–H and O–H groups in total. The van der Waals surface area contributed by atoms with Crippen molar-refractivity contribution in [3.05, 3.63) is 157 Å². The Hall–Kier alpha value is -4.94. The number of fused-ring (bicyclic) bond motifs is 2. The van der Waals surface area contributed by atoms with Crippen LogP contribution in [0.3, 0.4) is 0 Å². The second-order valence-corrected chi connectivity index (χ2v) is 9.49. The first-order chi connectivity index (χ1) is 18.7. The molecule has 0 aliphatic rings. The predicted molar refractivity (Wildman–Crippen MR) is 168 cm³/mol. The monoisotopic (exact) mass is 484 g/mol. The molecule has 0 saturated heterocycles. The van der Waals surface area contributed by atoms with Crippen LogP contribution in [0.4, 0.5) is 0 Å². The minimum atomic E-state index is 1.10. The summed E-state index contributed by atoms with van der Waals surface area (Å²) in [7, 11) is 0. The zero-order valence-electron chi connectivity index (χ0n) is 21.3. The van der Waals surface area contributed by atoms with Crippen molar-refractivity contribution in [1.82, 2.24) is 0 Å². The molecule has 6 aromatic rings. The summed E-state index contributed by atoms with van der Waals surface area (Å²) in [4.78, 5) is 0. The first-order valence-electron chi connectivity index (χ1n) is 12.9. The highest BCUT2D eigenvalue weighted by Gasteiger charge is 2.09. The second-order valence-electron chi connectivity index (χ2n) is 9.49. The summed E-state index contributed by atoms with van der Waals surface area (Å²) in [6.45, 7) is 7.94. The number of hydrogen-bond acceptors (Lipinski definition) is 0. The van der Waals surface area contributed by atoms with Gasteiger partial charge in [0, 0.05) is 0 Å². The van der Waals surface area contributed by atoms with Crippen molar-refractivity contribution in [1.29, 1.82) is 0 Å². The van der Waals surface area contributed by atoms with Gasteiger partial charge in [0.1, 0.15) is 0 Å². The van der Waals surface area contributed by atoms with E-state index in [2.05, 4.69) is 147 Å². The highest BCUT2D eigenvalue weighted by molar-refractivity contribution is 6.12. The van der Waals surface area contributed by atoms with Crippen LogP contribution in [0.15, 0.2) is 134 Å². The van der Waals surface area contributed by atoms with Gasteiger partial charge in [0.05, 0.1) is 0 Å². The van der Waals surface area contributed by atoms with E-state index in [1.807, 2.05) is 12.2 Å². The molecule has 0 fully saturated rings. The first kappa shape index (κ1) is 23.5. The van der Waals surface area contributed by atoms with E-state index >= 15 is 0 Å². The zero-order valence-corrected chi connectivity index (χ0v) is 21.3. The Morgan fingerprint density at radius 2 is 1.03 bits per heavy atom. The lowest BCUT2D eigenvalue weighted by atomic mass is 9.91. The van der Waals surface area contributed by atoms with Gasteiger partial charge in [0.2, 0.25) is 0 Å². The van der Waals surface area contributed by atoms with Gasteiger partial charge in [0.15, 0.2) is 0 Å². The van der Waals surface area contributed by atoms with Gasteiger partial charge in [0.25, 0.3) is 0 Å². The molecule has 0 radical (unpaired) electrons. The van der Waals surface area contributed by atoms with Crippen molar-refractivity contribution in [3.8, 4) is 22.3 Å². The topological polar surface area (TPSA) is 0 Å². The Bertz CT molecular complexity index is 1760. The summed E-state index contributed by atoms with van der Waals surface area (Å²) in [5.74, 6) is 0. The SMILES string of the molecule is C=Cc1cccc(-c2ccc(/C=C/c3ccc(-c4c5ccccc5cc5ccccc45)cc3)cc2)c1C=C. The minimum absolute atomic E-state index is 1.10. The summed E-state index contributed by atoms with van der Waals surface area (Å²) < 4.78 is 0. The van der Waals surface area contributed by atoms with Gasteiger partial charge in [-0.25, -0.2) is 0 Å². The summed E-state index contributed by atoms with van der Waals surface area (Å²) in [6.07, 6.45) is 8.13. The van der Waals surface area contributed by atoms with Gasteiger partial charge < -0.3 is 0 Å². The fourth-order valence-corrected chi connectivity index (χ4v) is 5.29. The fraction of sp³-hybridized carbons (Fsp3) is 0. The van der Waals surface area contributed by atoms with Crippen LogP contribution in [0.25, 0.3) is 68.1 Å². The number of rotatable bonds is 6. The Morgan fingerprint density at radius 3 is 1.58 bits per heavy atom. The Morgan fingerprint density at radius 1 is 0.474 bits per heavy atom. The van der Waals surface area contributed by atoms with Gasteiger partial charge in [-0.15, -0.1) is 0 Å². The predicted octanol–water partition coefficient (Wildman–Crippen LogP) is 10.8. The third kappa shape index (κ3) is 4.38. The molecule has 180 valence electrons. The average molecular weight is 485 g/mol. The van der Waals surface area contributed by atoms with E-state index in [9.17, 15) is 0 Å². The quantitative estimate of drug-likeness (QED) is 0.163. The average Bonchev–Trinajstić information content (AvgIpc) is 2.99. The molecular weight excluding hydrogens is 456 g/mol. The van der Waals surface area contributed by atoms with E-state index in [-0.39, 0.29) is 0 Å². The van der Waals surface area contributed by atoms with Gasteiger partial charge in [-0.2, -0.15) is 0 Å². The lowest BCUT2D eigenvalue weighted by molar-refractivity contribution is 1.56. The van der Waals surface area contributed by atoms with Crippen molar-refractivity contribution in [2.24, 2.45) is 0 Å². The van der Waals surface area contributed by atoms with Crippen LogP contribution in [0.1, 0.15) is 22.3 Å². The van der Waals surface area contributed by atoms with Crippen molar-refractivity contribution in [2.75, 3.05) is 0 Å². The molecule has 0 aliphatic carbocycles. The highest BCUT2D eigenvalue weighted by atomic mass is 14.1. The van der Waals surface area contributed by atoms with Crippen LogP contribution in [-0.2, 0) is 0 Å². The van der Waals surface area contributed by atoms with E-state index in [4.69, 9.17) is 0 Å². The molecular formula is C38H28. The molecule has 0 heterocycles. The molecule has 0 aliphatic heterocycles. The molecule has 0 atom stereocenters. The summed E-state index contributed by atoms with van der Waals surface area (Å²) in [5, 5.41) is 5.11. The Balaban J connectivity index is 1.28. The highest BCUT2D eigenvalue weighted by Crippen LogP contribution is 2.36. The maximum absolute atomic E-state index is 4.00. The van der Waals surface area contributed by atoms with E-state index in [1.54, 1.807) is 0 Å². The van der Waals surface area contributed by atoms with Crippen LogP contribution < -0.4 is 0 Å². The number of hydrogen-bond donors (Lipinski definition) is 0. The maximum atomic E-state index is 4.00. The van der Waals surface area contributed by atoms with E-state index in [1.165, 1.54) is 49.4 Å². The molecule has 6 rings (SSSR count). The van der Waals surface area contributed by atoms with Crippen molar-refractivity contribution >= 4 is 45.8 Å². The van der Waals surface area contributed by atoms with E-state index in [0.29, 0.717) is 0 Å². The fourth-order valence-electron chi connectivity index (χ4n) is 5.29. The third-order valence-electron chi connectivity index (χ3n) is 7.22. The molecule has 0 saturated carbocycles. The summed E-state index contributed by atoms with van der Waals surface area (Å²) >= 11 is 0. The largest absolute Gasteiger partial charge is 0.0984 e. The number of benzene rings is 6. The molecule has 0 heteroatoms. The molecule has 0 aromatic heterocycles. The van der Waals surface area contributed by atoms with Crippen LogP contribution >= 0.6 is 0 Å². The third-order valence-corrected chi connectivity index (χ3v) is 7.22. The van der Waals surface area contributed by atoms with Crippen molar-refractivity contribution in [2.45, 2.75) is 0 Å². The normalized spacial score (nSPS) is 11.3. The summed E-state index contributed by atoms with van der Waals surface area (Å²) in [5.41, 5.74) is 9.43. The Kier molecular flexibility index (Phi) is 6.30. The minimum Gasteiger partial charge on any atom is -0.0984 e. The van der Waals surface area contributed by atoms with Gasteiger partial charge in [-0.1, -0.05) is 153 Å². The van der Waals surface area contributed by atoms with Crippen molar-refractivity contribution in [3.63, 3.8) is 0 Å². The van der Waals surface area contributed by atoms with Crippen LogP contribution in [0.5, 0.6) is 0 Å². The lowest BCUT2D eigenvalue weighted by Crippen LogP contribution is -1.87. The Labute approximate surface area is 224 Å². The molecule has 0 amide bonds. The molecule has 0 unspecified atom stereocenters. The first-order valence-corrected chi connectivity index (χ1v) is 12.9. The van der Waals surface area contributed by atoms with E-state index in [0.717, 1.165) is 16.7 Å².